The Hall–Kier alpha value is -4.02. The summed E-state index contributed by atoms with van der Waals surface area (Å²) < 4.78 is 104. The molecule has 176 valence electrons. The second-order valence-corrected chi connectivity index (χ2v) is 6.99. The third kappa shape index (κ3) is 4.28. The topological polar surface area (TPSA) is 51.5 Å². The lowest BCUT2D eigenvalue weighted by Crippen LogP contribution is -2.20. The maximum atomic E-state index is 14.0. The van der Waals surface area contributed by atoms with Gasteiger partial charge in [0.1, 0.15) is 29.4 Å². The lowest BCUT2D eigenvalue weighted by atomic mass is 10.1. The largest absolute Gasteiger partial charge is 0.485 e. The average Bonchev–Trinajstić information content (AvgIpc) is 3.27. The van der Waals surface area contributed by atoms with Gasteiger partial charge < -0.3 is 14.5 Å². The predicted octanol–water partition coefficient (Wildman–Crippen LogP) is 6.84. The molecule has 11 heteroatoms. The zero-order valence-electron chi connectivity index (χ0n) is 16.8. The van der Waals surface area contributed by atoms with Gasteiger partial charge in [0.25, 0.3) is 5.91 Å². The molecule has 34 heavy (non-hydrogen) atoms. The Morgan fingerprint density at radius 2 is 1.50 bits per heavy atom. The third-order valence-corrected chi connectivity index (χ3v) is 4.79. The molecular formula is C23H12F7NO3. The standard InChI is InChI=1S/C23H12F7NO3/c24-17-16(23(28,29)30)18(25)20(27)21(19(17)26)31-22(32)15-9-8-12(34-15)10-33-14-7-3-5-11-4-1-2-6-13(11)14/h1-9H,10H2,(H,31,32). The maximum absolute atomic E-state index is 14.0. The Balaban J connectivity index is 1.52. The van der Waals surface area contributed by atoms with Crippen LogP contribution in [0.3, 0.4) is 0 Å². The number of fused-ring (bicyclic) bond motifs is 1. The zero-order chi connectivity index (χ0) is 24.6. The van der Waals surface area contributed by atoms with Gasteiger partial charge in [-0.15, -0.1) is 0 Å². The molecule has 0 aliphatic heterocycles. The van der Waals surface area contributed by atoms with Gasteiger partial charge in [0.05, 0.1) is 0 Å². The average molecular weight is 483 g/mol. The number of carbonyl (C=O) groups is 1. The number of nitrogens with one attached hydrogen (secondary N) is 1. The highest BCUT2D eigenvalue weighted by molar-refractivity contribution is 6.02. The number of furan rings is 1. The summed E-state index contributed by atoms with van der Waals surface area (Å²) in [6.07, 6.45) is -5.70. The molecule has 0 unspecified atom stereocenters. The van der Waals surface area contributed by atoms with Crippen molar-refractivity contribution in [1.82, 2.24) is 0 Å². The lowest BCUT2D eigenvalue weighted by molar-refractivity contribution is -0.143. The van der Waals surface area contributed by atoms with E-state index in [2.05, 4.69) is 0 Å². The molecule has 4 rings (SSSR count). The molecule has 0 aliphatic rings. The number of anilines is 1. The van der Waals surface area contributed by atoms with E-state index in [9.17, 15) is 35.5 Å². The number of ether oxygens (including phenoxy) is 1. The van der Waals surface area contributed by atoms with Gasteiger partial charge in [-0.2, -0.15) is 13.2 Å². The van der Waals surface area contributed by atoms with Gasteiger partial charge in [0.15, 0.2) is 29.0 Å². The molecule has 1 amide bonds. The van der Waals surface area contributed by atoms with E-state index in [-0.39, 0.29) is 12.4 Å². The van der Waals surface area contributed by atoms with E-state index in [4.69, 9.17) is 9.15 Å². The molecule has 1 heterocycles. The molecule has 0 saturated heterocycles. The molecule has 0 spiro atoms. The van der Waals surface area contributed by atoms with E-state index in [0.717, 1.165) is 16.8 Å². The molecule has 0 bridgehead atoms. The third-order valence-electron chi connectivity index (χ3n) is 4.79. The summed E-state index contributed by atoms with van der Waals surface area (Å²) in [5.74, 6) is -11.5. The van der Waals surface area contributed by atoms with E-state index in [1.807, 2.05) is 30.3 Å². The molecule has 0 atom stereocenters. The van der Waals surface area contributed by atoms with Crippen molar-refractivity contribution in [3.05, 3.63) is 95.0 Å². The van der Waals surface area contributed by atoms with Gasteiger partial charge in [-0.3, -0.25) is 4.79 Å². The molecule has 0 saturated carbocycles. The van der Waals surface area contributed by atoms with Crippen molar-refractivity contribution in [3.8, 4) is 5.75 Å². The molecule has 0 aliphatic carbocycles. The summed E-state index contributed by atoms with van der Waals surface area (Å²) in [7, 11) is 0. The fraction of sp³-hybridized carbons (Fsp3) is 0.0870. The molecular weight excluding hydrogens is 471 g/mol. The van der Waals surface area contributed by atoms with E-state index >= 15 is 0 Å². The van der Waals surface area contributed by atoms with Gasteiger partial charge in [-0.05, 0) is 23.6 Å². The van der Waals surface area contributed by atoms with Crippen LogP contribution in [0.2, 0.25) is 0 Å². The molecule has 4 aromatic rings. The summed E-state index contributed by atoms with van der Waals surface area (Å²) >= 11 is 0. The molecule has 1 aromatic heterocycles. The summed E-state index contributed by atoms with van der Waals surface area (Å²) in [6.45, 7) is -0.145. The van der Waals surface area contributed by atoms with Crippen molar-refractivity contribution in [3.63, 3.8) is 0 Å². The Labute approximate surface area is 186 Å². The number of alkyl halides is 3. The van der Waals surface area contributed by atoms with Crippen molar-refractivity contribution in [1.29, 1.82) is 0 Å². The molecule has 4 nitrogen and oxygen atoms in total. The van der Waals surface area contributed by atoms with Crippen LogP contribution < -0.4 is 10.1 Å². The van der Waals surface area contributed by atoms with Crippen LogP contribution in [0.25, 0.3) is 10.8 Å². The number of carbonyl (C=O) groups excluding carboxylic acids is 1. The van der Waals surface area contributed by atoms with E-state index in [1.54, 1.807) is 12.1 Å². The maximum Gasteiger partial charge on any atom is 0.422 e. The zero-order valence-corrected chi connectivity index (χ0v) is 16.8. The quantitative estimate of drug-likeness (QED) is 0.250. The SMILES string of the molecule is O=C(Nc1c(F)c(F)c(C(F)(F)F)c(F)c1F)c1ccc(COc2cccc3ccccc23)o1. The van der Waals surface area contributed by atoms with Crippen LogP contribution in [0.5, 0.6) is 5.75 Å². The van der Waals surface area contributed by atoms with Gasteiger partial charge >= 0.3 is 6.18 Å². The molecule has 3 aromatic carbocycles. The fourth-order valence-electron chi connectivity index (χ4n) is 3.21. The first-order valence-corrected chi connectivity index (χ1v) is 9.51. The minimum absolute atomic E-state index is 0.115. The van der Waals surface area contributed by atoms with Crippen LogP contribution in [0.1, 0.15) is 21.9 Å². The Kier molecular flexibility index (Phi) is 5.94. The number of hydrogen-bond acceptors (Lipinski definition) is 3. The normalized spacial score (nSPS) is 11.6. The number of halogens is 7. The molecule has 0 radical (unpaired) electrons. The second kappa shape index (κ2) is 8.73. The highest BCUT2D eigenvalue weighted by atomic mass is 19.4. The highest BCUT2D eigenvalue weighted by Crippen LogP contribution is 2.38. The summed E-state index contributed by atoms with van der Waals surface area (Å²) in [5.41, 5.74) is -4.47. The molecule has 0 fully saturated rings. The van der Waals surface area contributed by atoms with E-state index in [0.29, 0.717) is 5.75 Å². The fourth-order valence-corrected chi connectivity index (χ4v) is 3.21. The smallest absolute Gasteiger partial charge is 0.422 e. The van der Waals surface area contributed by atoms with Crippen LogP contribution in [-0.2, 0) is 12.8 Å². The summed E-state index contributed by atoms with van der Waals surface area (Å²) in [6, 6.07) is 15.1. The van der Waals surface area contributed by atoms with Crippen molar-refractivity contribution in [2.24, 2.45) is 0 Å². The van der Waals surface area contributed by atoms with Gasteiger partial charge in [-0.25, -0.2) is 17.6 Å². The van der Waals surface area contributed by atoms with E-state index < -0.39 is 52.4 Å². The Bertz CT molecular complexity index is 1360. The number of amides is 1. The Morgan fingerprint density at radius 1 is 0.853 bits per heavy atom. The van der Waals surface area contributed by atoms with Crippen LogP contribution in [0, 0.1) is 23.3 Å². The molecule has 1 N–H and O–H groups in total. The highest BCUT2D eigenvalue weighted by Gasteiger charge is 2.42. The minimum atomic E-state index is -5.70. The number of hydrogen-bond donors (Lipinski definition) is 1. The van der Waals surface area contributed by atoms with Crippen molar-refractivity contribution < 1.29 is 44.7 Å². The van der Waals surface area contributed by atoms with Crippen molar-refractivity contribution >= 4 is 22.4 Å². The van der Waals surface area contributed by atoms with Crippen molar-refractivity contribution in [2.45, 2.75) is 12.8 Å². The Morgan fingerprint density at radius 3 is 2.18 bits per heavy atom. The first-order chi connectivity index (χ1) is 16.1. The lowest BCUT2D eigenvalue weighted by Gasteiger charge is -2.14. The van der Waals surface area contributed by atoms with Crippen LogP contribution in [0.4, 0.5) is 36.4 Å². The van der Waals surface area contributed by atoms with Crippen LogP contribution in [0.15, 0.2) is 59.0 Å². The first kappa shape index (κ1) is 23.1. The predicted molar refractivity (Wildman–Crippen MR) is 106 cm³/mol. The van der Waals surface area contributed by atoms with Gasteiger partial charge in [0.2, 0.25) is 0 Å². The monoisotopic (exact) mass is 483 g/mol. The minimum Gasteiger partial charge on any atom is -0.485 e. The van der Waals surface area contributed by atoms with Gasteiger partial charge in [-0.1, -0.05) is 36.4 Å². The number of rotatable bonds is 5. The van der Waals surface area contributed by atoms with Crippen LogP contribution >= 0.6 is 0 Å². The van der Waals surface area contributed by atoms with Crippen LogP contribution in [-0.4, -0.2) is 5.91 Å². The van der Waals surface area contributed by atoms with Crippen molar-refractivity contribution in [2.75, 3.05) is 5.32 Å². The van der Waals surface area contributed by atoms with Gasteiger partial charge in [0, 0.05) is 5.39 Å². The summed E-state index contributed by atoms with van der Waals surface area (Å²) in [5, 5.41) is 3.22. The summed E-state index contributed by atoms with van der Waals surface area (Å²) in [4.78, 5) is 12.2. The number of benzene rings is 3. The second-order valence-electron chi connectivity index (χ2n) is 6.99. The first-order valence-electron chi connectivity index (χ1n) is 9.51. The van der Waals surface area contributed by atoms with E-state index in [1.165, 1.54) is 11.4 Å².